The Morgan fingerprint density at radius 3 is 2.18 bits per heavy atom. The van der Waals surface area contributed by atoms with Gasteiger partial charge in [0.2, 0.25) is 21.8 Å². The zero-order valence-corrected chi connectivity index (χ0v) is 24.4. The molecule has 0 heterocycles. The van der Waals surface area contributed by atoms with Gasteiger partial charge in [0.25, 0.3) is 0 Å². The van der Waals surface area contributed by atoms with Crippen molar-refractivity contribution in [3.05, 3.63) is 101 Å². The van der Waals surface area contributed by atoms with E-state index in [0.717, 1.165) is 27.3 Å². The van der Waals surface area contributed by atoms with Crippen LogP contribution in [0.15, 0.2) is 78.9 Å². The van der Waals surface area contributed by atoms with Gasteiger partial charge in [-0.2, -0.15) is 0 Å². The molecule has 3 aromatic rings. The Bertz CT molecular complexity index is 1360. The normalized spacial score (nSPS) is 12.2. The molecule has 0 saturated heterocycles. The number of nitrogens with zero attached hydrogens (tertiary/aromatic N) is 2. The number of hydrogen-bond donors (Lipinski definition) is 1. The van der Waals surface area contributed by atoms with E-state index >= 15 is 0 Å². The lowest BCUT2D eigenvalue weighted by atomic mass is 10.0. The maximum absolute atomic E-state index is 14.0. The van der Waals surface area contributed by atoms with Crippen LogP contribution in [-0.4, -0.2) is 50.5 Å². The molecule has 1 atom stereocenters. The van der Waals surface area contributed by atoms with E-state index in [9.17, 15) is 18.0 Å². The van der Waals surface area contributed by atoms with Gasteiger partial charge in [-0.25, -0.2) is 8.42 Å². The van der Waals surface area contributed by atoms with E-state index in [0.29, 0.717) is 17.3 Å². The van der Waals surface area contributed by atoms with Gasteiger partial charge in [-0.15, -0.1) is 0 Å². The fourth-order valence-corrected chi connectivity index (χ4v) is 5.13. The van der Waals surface area contributed by atoms with Crippen LogP contribution in [0, 0.1) is 12.8 Å². The third-order valence-electron chi connectivity index (χ3n) is 6.19. The molecule has 0 saturated carbocycles. The Kier molecular flexibility index (Phi) is 10.5. The van der Waals surface area contributed by atoms with E-state index in [4.69, 9.17) is 11.6 Å². The predicted octanol–water partition coefficient (Wildman–Crippen LogP) is 4.83. The first-order valence-electron chi connectivity index (χ1n) is 12.8. The second kappa shape index (κ2) is 13.6. The summed E-state index contributed by atoms with van der Waals surface area (Å²) in [6.07, 6.45) is 1.34. The second-order valence-electron chi connectivity index (χ2n) is 10.1. The fraction of sp³-hybridized carbons (Fsp3) is 0.333. The van der Waals surface area contributed by atoms with Crippen LogP contribution in [0.3, 0.4) is 0 Å². The van der Waals surface area contributed by atoms with Crippen LogP contribution in [0.2, 0.25) is 5.02 Å². The summed E-state index contributed by atoms with van der Waals surface area (Å²) in [5.41, 5.74) is 2.90. The minimum absolute atomic E-state index is 0.105. The van der Waals surface area contributed by atoms with Crippen molar-refractivity contribution in [3.8, 4) is 0 Å². The summed E-state index contributed by atoms with van der Waals surface area (Å²) in [6, 6.07) is 22.6. The van der Waals surface area contributed by atoms with E-state index in [1.165, 1.54) is 4.90 Å². The summed E-state index contributed by atoms with van der Waals surface area (Å²) in [7, 11) is -3.80. The molecule has 0 aliphatic heterocycles. The number of hydrogen-bond acceptors (Lipinski definition) is 4. The molecule has 208 valence electrons. The summed E-state index contributed by atoms with van der Waals surface area (Å²) in [4.78, 5) is 29.1. The maximum atomic E-state index is 14.0. The van der Waals surface area contributed by atoms with Crippen molar-refractivity contribution in [1.29, 1.82) is 0 Å². The van der Waals surface area contributed by atoms with Crippen LogP contribution in [0.5, 0.6) is 0 Å². The molecule has 39 heavy (non-hydrogen) atoms. The highest BCUT2D eigenvalue weighted by Crippen LogP contribution is 2.22. The number of rotatable bonds is 12. The van der Waals surface area contributed by atoms with E-state index < -0.39 is 28.5 Å². The molecule has 3 aromatic carbocycles. The number of sulfonamides is 1. The van der Waals surface area contributed by atoms with Crippen molar-refractivity contribution < 1.29 is 18.0 Å². The van der Waals surface area contributed by atoms with Gasteiger partial charge in [0, 0.05) is 24.5 Å². The molecule has 0 radical (unpaired) electrons. The predicted molar refractivity (Wildman–Crippen MR) is 157 cm³/mol. The van der Waals surface area contributed by atoms with Gasteiger partial charge in [-0.3, -0.25) is 13.9 Å². The molecular weight excluding hydrogens is 534 g/mol. The van der Waals surface area contributed by atoms with E-state index in [2.05, 4.69) is 5.32 Å². The monoisotopic (exact) mass is 569 g/mol. The summed E-state index contributed by atoms with van der Waals surface area (Å²) >= 11 is 6.08. The summed E-state index contributed by atoms with van der Waals surface area (Å²) < 4.78 is 26.7. The van der Waals surface area contributed by atoms with Gasteiger partial charge in [0.15, 0.2) is 0 Å². The van der Waals surface area contributed by atoms with Gasteiger partial charge in [-0.1, -0.05) is 80.0 Å². The van der Waals surface area contributed by atoms with E-state index in [1.54, 1.807) is 42.5 Å². The Morgan fingerprint density at radius 1 is 0.923 bits per heavy atom. The molecule has 0 bridgehead atoms. The SMILES string of the molecule is Cc1cccc(N(CC(=O)N(Cc2ccc(Cl)cc2)[C@@H](Cc2ccccc2)C(=O)NCC(C)C)S(C)(=O)=O)c1. The quantitative estimate of drug-likeness (QED) is 0.338. The van der Waals surface area contributed by atoms with Gasteiger partial charge < -0.3 is 10.2 Å². The average Bonchev–Trinajstić information content (AvgIpc) is 2.88. The minimum Gasteiger partial charge on any atom is -0.354 e. The van der Waals surface area contributed by atoms with Gasteiger partial charge in [0.05, 0.1) is 11.9 Å². The number of nitrogens with one attached hydrogen (secondary N) is 1. The van der Waals surface area contributed by atoms with Gasteiger partial charge in [0.1, 0.15) is 12.6 Å². The largest absolute Gasteiger partial charge is 0.354 e. The number of carbonyl (C=O) groups is 2. The molecule has 0 spiro atoms. The molecule has 0 unspecified atom stereocenters. The van der Waals surface area contributed by atoms with Crippen LogP contribution >= 0.6 is 11.6 Å². The Hall–Kier alpha value is -3.36. The lowest BCUT2D eigenvalue weighted by molar-refractivity contribution is -0.140. The highest BCUT2D eigenvalue weighted by atomic mass is 35.5. The third-order valence-corrected chi connectivity index (χ3v) is 7.58. The standard InChI is InChI=1S/C30H36ClN3O4S/c1-22(2)19-32-30(36)28(18-24-10-6-5-7-11-24)33(20-25-13-15-26(31)16-14-25)29(35)21-34(39(4,37)38)27-12-8-9-23(3)17-27/h5-17,22,28H,18-21H2,1-4H3,(H,32,36)/t28-/m0/s1. The highest BCUT2D eigenvalue weighted by Gasteiger charge is 2.33. The first kappa shape index (κ1) is 30.2. The molecule has 2 amide bonds. The van der Waals surface area contributed by atoms with Crippen LogP contribution in [-0.2, 0) is 32.6 Å². The van der Waals surface area contributed by atoms with Crippen molar-refractivity contribution in [1.82, 2.24) is 10.2 Å². The maximum Gasteiger partial charge on any atom is 0.244 e. The molecule has 3 rings (SSSR count). The fourth-order valence-electron chi connectivity index (χ4n) is 4.16. The Balaban J connectivity index is 2.04. The van der Waals surface area contributed by atoms with Crippen LogP contribution in [0.4, 0.5) is 5.69 Å². The molecule has 0 aliphatic carbocycles. The molecule has 1 N–H and O–H groups in total. The van der Waals surface area contributed by atoms with Crippen LogP contribution < -0.4 is 9.62 Å². The minimum atomic E-state index is -3.80. The number of amides is 2. The van der Waals surface area contributed by atoms with Gasteiger partial charge >= 0.3 is 0 Å². The zero-order valence-electron chi connectivity index (χ0n) is 22.8. The Labute approximate surface area is 236 Å². The number of benzene rings is 3. The van der Waals surface area contributed by atoms with E-state index in [1.807, 2.05) is 57.2 Å². The lowest BCUT2D eigenvalue weighted by Crippen LogP contribution is -2.53. The summed E-state index contributed by atoms with van der Waals surface area (Å²) in [5.74, 6) is -0.567. The highest BCUT2D eigenvalue weighted by molar-refractivity contribution is 7.92. The second-order valence-corrected chi connectivity index (χ2v) is 12.4. The van der Waals surface area contributed by atoms with Crippen molar-refractivity contribution >= 4 is 39.1 Å². The van der Waals surface area contributed by atoms with Crippen molar-refractivity contribution in [2.24, 2.45) is 5.92 Å². The molecule has 0 fully saturated rings. The number of halogens is 1. The lowest BCUT2D eigenvalue weighted by Gasteiger charge is -2.33. The van der Waals surface area contributed by atoms with Crippen molar-refractivity contribution in [2.45, 2.75) is 39.8 Å². The first-order valence-corrected chi connectivity index (χ1v) is 15.1. The molecule has 7 nitrogen and oxygen atoms in total. The smallest absolute Gasteiger partial charge is 0.244 e. The summed E-state index contributed by atoms with van der Waals surface area (Å²) in [5, 5.41) is 3.52. The Morgan fingerprint density at radius 2 is 1.59 bits per heavy atom. The number of carbonyl (C=O) groups excluding carboxylic acids is 2. The average molecular weight is 570 g/mol. The summed E-state index contributed by atoms with van der Waals surface area (Å²) in [6.45, 7) is 5.95. The number of aryl methyl sites for hydroxylation is 1. The third kappa shape index (κ3) is 9.11. The topological polar surface area (TPSA) is 86.8 Å². The van der Waals surface area contributed by atoms with Crippen molar-refractivity contribution in [2.75, 3.05) is 23.7 Å². The van der Waals surface area contributed by atoms with E-state index in [-0.39, 0.29) is 24.8 Å². The molecule has 0 aliphatic rings. The first-order chi connectivity index (χ1) is 18.4. The van der Waals surface area contributed by atoms with Crippen molar-refractivity contribution in [3.63, 3.8) is 0 Å². The molecule has 0 aromatic heterocycles. The van der Waals surface area contributed by atoms with Crippen LogP contribution in [0.25, 0.3) is 0 Å². The zero-order chi connectivity index (χ0) is 28.6. The number of anilines is 1. The molecule has 9 heteroatoms. The van der Waals surface area contributed by atoms with Crippen LogP contribution in [0.1, 0.15) is 30.5 Å². The molecular formula is C30H36ClN3O4S. The van der Waals surface area contributed by atoms with Gasteiger partial charge in [-0.05, 0) is 53.8 Å².